The van der Waals surface area contributed by atoms with E-state index in [9.17, 15) is 4.79 Å². The number of carbonyl (C=O) groups excluding carboxylic acids is 1. The topological polar surface area (TPSA) is 47.6 Å². The van der Waals surface area contributed by atoms with Crippen molar-refractivity contribution in [2.24, 2.45) is 0 Å². The molecule has 0 saturated heterocycles. The van der Waals surface area contributed by atoms with Crippen molar-refractivity contribution in [1.29, 1.82) is 0 Å². The van der Waals surface area contributed by atoms with Crippen LogP contribution in [-0.2, 0) is 11.2 Å². The van der Waals surface area contributed by atoms with E-state index in [4.69, 9.17) is 9.47 Å². The standard InChI is InChI=1S/C19H23NO3/c1-14(15-8-5-4-6-9-15)20-19(21)13-12-16-17(22-2)10-7-11-18(16)23-3/h4-11,14H,12-13H2,1-3H3,(H,20,21)/t14-/m1/s1. The first kappa shape index (κ1) is 16.9. The molecule has 0 heterocycles. The molecule has 1 atom stereocenters. The number of nitrogens with one attached hydrogen (secondary N) is 1. The first-order chi connectivity index (χ1) is 11.2. The van der Waals surface area contributed by atoms with Gasteiger partial charge < -0.3 is 14.8 Å². The molecule has 0 aliphatic heterocycles. The Hall–Kier alpha value is -2.49. The number of methoxy groups -OCH3 is 2. The van der Waals surface area contributed by atoms with Gasteiger partial charge >= 0.3 is 0 Å². The molecule has 4 heteroatoms. The van der Waals surface area contributed by atoms with Crippen molar-refractivity contribution in [1.82, 2.24) is 5.32 Å². The van der Waals surface area contributed by atoms with Gasteiger partial charge in [-0.25, -0.2) is 0 Å². The van der Waals surface area contributed by atoms with Gasteiger partial charge in [-0.2, -0.15) is 0 Å². The average molecular weight is 313 g/mol. The highest BCUT2D eigenvalue weighted by molar-refractivity contribution is 5.77. The molecule has 0 saturated carbocycles. The van der Waals surface area contributed by atoms with Gasteiger partial charge in [0, 0.05) is 12.0 Å². The van der Waals surface area contributed by atoms with Gasteiger partial charge in [0.15, 0.2) is 0 Å². The van der Waals surface area contributed by atoms with E-state index in [0.717, 1.165) is 22.6 Å². The lowest BCUT2D eigenvalue weighted by Crippen LogP contribution is -2.26. The predicted octanol–water partition coefficient (Wildman–Crippen LogP) is 3.51. The maximum absolute atomic E-state index is 12.2. The number of benzene rings is 2. The number of amides is 1. The zero-order chi connectivity index (χ0) is 16.7. The molecular weight excluding hydrogens is 290 g/mol. The van der Waals surface area contributed by atoms with Crippen molar-refractivity contribution in [2.75, 3.05) is 14.2 Å². The molecule has 2 rings (SSSR count). The molecular formula is C19H23NO3. The van der Waals surface area contributed by atoms with E-state index in [1.54, 1.807) is 14.2 Å². The fourth-order valence-electron chi connectivity index (χ4n) is 2.55. The zero-order valence-corrected chi connectivity index (χ0v) is 13.8. The summed E-state index contributed by atoms with van der Waals surface area (Å²) in [5.74, 6) is 1.50. The third kappa shape index (κ3) is 4.49. The van der Waals surface area contributed by atoms with Crippen molar-refractivity contribution in [3.05, 3.63) is 59.7 Å². The van der Waals surface area contributed by atoms with Crippen LogP contribution in [0.15, 0.2) is 48.5 Å². The molecule has 1 amide bonds. The van der Waals surface area contributed by atoms with E-state index in [0.29, 0.717) is 12.8 Å². The Kier molecular flexibility index (Phi) is 6.03. The maximum atomic E-state index is 12.2. The molecule has 2 aromatic carbocycles. The van der Waals surface area contributed by atoms with E-state index in [1.807, 2.05) is 55.5 Å². The lowest BCUT2D eigenvalue weighted by atomic mass is 10.1. The fraction of sp³-hybridized carbons (Fsp3) is 0.316. The van der Waals surface area contributed by atoms with Crippen molar-refractivity contribution in [3.8, 4) is 11.5 Å². The van der Waals surface area contributed by atoms with Crippen LogP contribution in [-0.4, -0.2) is 20.1 Å². The van der Waals surface area contributed by atoms with E-state index in [-0.39, 0.29) is 11.9 Å². The molecule has 122 valence electrons. The molecule has 0 bridgehead atoms. The maximum Gasteiger partial charge on any atom is 0.220 e. The van der Waals surface area contributed by atoms with Crippen LogP contribution in [0, 0.1) is 0 Å². The largest absolute Gasteiger partial charge is 0.496 e. The minimum absolute atomic E-state index is 0.00862. The summed E-state index contributed by atoms with van der Waals surface area (Å²) in [5.41, 5.74) is 2.01. The Morgan fingerprint density at radius 3 is 2.17 bits per heavy atom. The SMILES string of the molecule is COc1cccc(OC)c1CCC(=O)N[C@H](C)c1ccccc1. The van der Waals surface area contributed by atoms with Crippen LogP contribution in [0.2, 0.25) is 0 Å². The summed E-state index contributed by atoms with van der Waals surface area (Å²) >= 11 is 0. The minimum Gasteiger partial charge on any atom is -0.496 e. The normalized spacial score (nSPS) is 11.6. The summed E-state index contributed by atoms with van der Waals surface area (Å²) in [6, 6.07) is 15.5. The molecule has 0 aliphatic rings. The second-order valence-electron chi connectivity index (χ2n) is 5.34. The minimum atomic E-state index is -0.0109. The predicted molar refractivity (Wildman–Crippen MR) is 90.9 cm³/mol. The summed E-state index contributed by atoms with van der Waals surface area (Å²) in [7, 11) is 3.24. The molecule has 0 unspecified atom stereocenters. The third-order valence-corrected chi connectivity index (χ3v) is 3.81. The second-order valence-corrected chi connectivity index (χ2v) is 5.34. The van der Waals surface area contributed by atoms with E-state index >= 15 is 0 Å². The second kappa shape index (κ2) is 8.22. The van der Waals surface area contributed by atoms with E-state index in [2.05, 4.69) is 5.32 Å². The Morgan fingerprint density at radius 2 is 1.61 bits per heavy atom. The average Bonchev–Trinajstić information content (AvgIpc) is 2.60. The van der Waals surface area contributed by atoms with E-state index in [1.165, 1.54) is 0 Å². The summed E-state index contributed by atoms with van der Waals surface area (Å²) in [6.45, 7) is 1.98. The first-order valence-electron chi connectivity index (χ1n) is 7.70. The van der Waals surface area contributed by atoms with Crippen molar-refractivity contribution < 1.29 is 14.3 Å². The molecule has 0 spiro atoms. The quantitative estimate of drug-likeness (QED) is 0.851. The van der Waals surface area contributed by atoms with Gasteiger partial charge in [0.2, 0.25) is 5.91 Å². The Bertz CT molecular complexity index is 618. The summed E-state index contributed by atoms with van der Waals surface area (Å²) in [6.07, 6.45) is 0.953. The summed E-state index contributed by atoms with van der Waals surface area (Å²) in [5, 5.41) is 3.02. The van der Waals surface area contributed by atoms with Crippen molar-refractivity contribution in [3.63, 3.8) is 0 Å². The third-order valence-electron chi connectivity index (χ3n) is 3.81. The highest BCUT2D eigenvalue weighted by Gasteiger charge is 2.13. The lowest BCUT2D eigenvalue weighted by Gasteiger charge is -2.16. The monoisotopic (exact) mass is 313 g/mol. The molecule has 0 fully saturated rings. The van der Waals surface area contributed by atoms with Crippen LogP contribution in [0.1, 0.15) is 30.5 Å². The van der Waals surface area contributed by atoms with Gasteiger partial charge in [-0.3, -0.25) is 4.79 Å². The van der Waals surface area contributed by atoms with Gasteiger partial charge in [0.25, 0.3) is 0 Å². The lowest BCUT2D eigenvalue weighted by molar-refractivity contribution is -0.121. The molecule has 4 nitrogen and oxygen atoms in total. The number of rotatable bonds is 7. The van der Waals surface area contributed by atoms with Gasteiger partial charge in [0.05, 0.1) is 20.3 Å². The number of carbonyl (C=O) groups is 1. The molecule has 2 aromatic rings. The highest BCUT2D eigenvalue weighted by atomic mass is 16.5. The van der Waals surface area contributed by atoms with Gasteiger partial charge in [-0.15, -0.1) is 0 Å². The van der Waals surface area contributed by atoms with Crippen LogP contribution < -0.4 is 14.8 Å². The van der Waals surface area contributed by atoms with Crippen LogP contribution in [0.4, 0.5) is 0 Å². The highest BCUT2D eigenvalue weighted by Crippen LogP contribution is 2.29. The van der Waals surface area contributed by atoms with Crippen LogP contribution >= 0.6 is 0 Å². The zero-order valence-electron chi connectivity index (χ0n) is 13.8. The van der Waals surface area contributed by atoms with Crippen LogP contribution in [0.5, 0.6) is 11.5 Å². The van der Waals surface area contributed by atoms with Crippen LogP contribution in [0.3, 0.4) is 0 Å². The summed E-state index contributed by atoms with van der Waals surface area (Å²) < 4.78 is 10.7. The molecule has 0 aliphatic carbocycles. The smallest absolute Gasteiger partial charge is 0.220 e. The molecule has 1 N–H and O–H groups in total. The number of hydrogen-bond donors (Lipinski definition) is 1. The summed E-state index contributed by atoms with van der Waals surface area (Å²) in [4.78, 5) is 12.2. The molecule has 23 heavy (non-hydrogen) atoms. The molecule has 0 radical (unpaired) electrons. The van der Waals surface area contributed by atoms with Crippen molar-refractivity contribution >= 4 is 5.91 Å². The van der Waals surface area contributed by atoms with E-state index < -0.39 is 0 Å². The molecule has 0 aromatic heterocycles. The number of hydrogen-bond acceptors (Lipinski definition) is 3. The first-order valence-corrected chi connectivity index (χ1v) is 7.70. The van der Waals surface area contributed by atoms with Gasteiger partial charge in [-0.05, 0) is 31.0 Å². The Morgan fingerprint density at radius 1 is 1.00 bits per heavy atom. The fourth-order valence-corrected chi connectivity index (χ4v) is 2.55. The van der Waals surface area contributed by atoms with Gasteiger partial charge in [0.1, 0.15) is 11.5 Å². The Labute approximate surface area is 137 Å². The Balaban J connectivity index is 1.97. The van der Waals surface area contributed by atoms with Crippen molar-refractivity contribution in [2.45, 2.75) is 25.8 Å². The van der Waals surface area contributed by atoms with Crippen LogP contribution in [0.25, 0.3) is 0 Å². The van der Waals surface area contributed by atoms with Gasteiger partial charge in [-0.1, -0.05) is 36.4 Å². The number of ether oxygens (including phenoxy) is 2.